The van der Waals surface area contributed by atoms with Crippen molar-refractivity contribution in [2.24, 2.45) is 0 Å². The molecule has 0 fully saturated rings. The molecule has 0 saturated carbocycles. The monoisotopic (exact) mass is 357 g/mol. The number of imide groups is 1. The van der Waals surface area contributed by atoms with Crippen LogP contribution in [0.25, 0.3) is 5.57 Å². The molecule has 2 amide bonds. The molecule has 0 N–H and O–H groups in total. The molecule has 3 rings (SSSR count). The quantitative estimate of drug-likeness (QED) is 0.707. The van der Waals surface area contributed by atoms with E-state index < -0.39 is 0 Å². The number of furan rings is 1. The van der Waals surface area contributed by atoms with Crippen LogP contribution >= 0.6 is 11.8 Å². The van der Waals surface area contributed by atoms with Gasteiger partial charge in [0.05, 0.1) is 29.6 Å². The second kappa shape index (κ2) is 7.61. The largest absolute Gasteiger partial charge is 0.497 e. The summed E-state index contributed by atoms with van der Waals surface area (Å²) in [5.41, 5.74) is 1.18. The maximum atomic E-state index is 12.8. The van der Waals surface area contributed by atoms with Gasteiger partial charge in [-0.1, -0.05) is 19.1 Å². The molecule has 0 unspecified atom stereocenters. The first-order valence-electron chi connectivity index (χ1n) is 8.05. The maximum absolute atomic E-state index is 12.8. The van der Waals surface area contributed by atoms with E-state index >= 15 is 0 Å². The molecule has 25 heavy (non-hydrogen) atoms. The van der Waals surface area contributed by atoms with Gasteiger partial charge in [-0.05, 0) is 36.2 Å². The van der Waals surface area contributed by atoms with Gasteiger partial charge in [0, 0.05) is 6.54 Å². The second-order valence-electron chi connectivity index (χ2n) is 5.56. The normalized spacial score (nSPS) is 14.6. The van der Waals surface area contributed by atoms with Crippen molar-refractivity contribution in [3.63, 3.8) is 0 Å². The van der Waals surface area contributed by atoms with Crippen LogP contribution in [-0.2, 0) is 15.3 Å². The number of carbonyl (C=O) groups excluding carboxylic acids is 2. The third kappa shape index (κ3) is 3.49. The summed E-state index contributed by atoms with van der Waals surface area (Å²) in [5, 5.41) is 0. The summed E-state index contributed by atoms with van der Waals surface area (Å²) in [4.78, 5) is 27.4. The van der Waals surface area contributed by atoms with Gasteiger partial charge in [0.15, 0.2) is 0 Å². The summed E-state index contributed by atoms with van der Waals surface area (Å²) in [6.45, 7) is 2.36. The molecule has 1 aromatic carbocycles. The number of benzene rings is 1. The van der Waals surface area contributed by atoms with Crippen molar-refractivity contribution in [2.45, 2.75) is 19.1 Å². The SMILES string of the molecule is CCCN1C(=O)C(SCc2ccco2)=C(c2ccc(OC)cc2)C1=O. The molecule has 0 radical (unpaired) electrons. The minimum atomic E-state index is -0.237. The molecule has 2 aromatic rings. The molecule has 0 aliphatic carbocycles. The zero-order valence-corrected chi connectivity index (χ0v) is 15.0. The van der Waals surface area contributed by atoms with Crippen LogP contribution in [0.4, 0.5) is 0 Å². The zero-order valence-electron chi connectivity index (χ0n) is 14.2. The van der Waals surface area contributed by atoms with Crippen LogP contribution in [0.15, 0.2) is 52.0 Å². The minimum absolute atomic E-state index is 0.228. The Kier molecular flexibility index (Phi) is 5.28. The molecule has 0 spiro atoms. The third-order valence-electron chi connectivity index (χ3n) is 3.89. The van der Waals surface area contributed by atoms with Crippen LogP contribution in [0.5, 0.6) is 5.75 Å². The Hall–Kier alpha value is -2.47. The molecule has 130 valence electrons. The van der Waals surface area contributed by atoms with Gasteiger partial charge >= 0.3 is 0 Å². The van der Waals surface area contributed by atoms with E-state index in [1.165, 1.54) is 16.7 Å². The molecule has 5 nitrogen and oxygen atoms in total. The van der Waals surface area contributed by atoms with Crippen molar-refractivity contribution in [3.05, 3.63) is 58.9 Å². The molecule has 2 heterocycles. The Bertz CT molecular complexity index is 793. The molecular formula is C19H19NO4S. The number of hydrogen-bond acceptors (Lipinski definition) is 5. The average molecular weight is 357 g/mol. The highest BCUT2D eigenvalue weighted by Gasteiger charge is 2.38. The highest BCUT2D eigenvalue weighted by molar-refractivity contribution is 8.03. The van der Waals surface area contributed by atoms with Crippen LogP contribution in [-0.4, -0.2) is 30.4 Å². The van der Waals surface area contributed by atoms with E-state index in [-0.39, 0.29) is 11.8 Å². The lowest BCUT2D eigenvalue weighted by Gasteiger charge is -2.13. The fourth-order valence-electron chi connectivity index (χ4n) is 2.66. The number of thioether (sulfide) groups is 1. The van der Waals surface area contributed by atoms with Gasteiger partial charge in [-0.2, -0.15) is 0 Å². The summed E-state index contributed by atoms with van der Waals surface area (Å²) in [7, 11) is 1.59. The predicted octanol–water partition coefficient (Wildman–Crippen LogP) is 3.71. The van der Waals surface area contributed by atoms with Crippen molar-refractivity contribution in [1.29, 1.82) is 0 Å². The Morgan fingerprint density at radius 2 is 1.88 bits per heavy atom. The second-order valence-corrected chi connectivity index (χ2v) is 6.55. The minimum Gasteiger partial charge on any atom is -0.497 e. The smallest absolute Gasteiger partial charge is 0.267 e. The molecule has 0 atom stereocenters. The number of ether oxygens (including phenoxy) is 1. The van der Waals surface area contributed by atoms with Crippen LogP contribution in [0.2, 0.25) is 0 Å². The molecular weight excluding hydrogens is 338 g/mol. The van der Waals surface area contributed by atoms with Gasteiger partial charge in [0.25, 0.3) is 11.8 Å². The van der Waals surface area contributed by atoms with E-state index in [0.29, 0.717) is 28.5 Å². The Morgan fingerprint density at radius 1 is 1.12 bits per heavy atom. The fourth-order valence-corrected chi connectivity index (χ4v) is 3.70. The number of amides is 2. The van der Waals surface area contributed by atoms with Crippen molar-refractivity contribution in [2.75, 3.05) is 13.7 Å². The van der Waals surface area contributed by atoms with E-state index in [4.69, 9.17) is 9.15 Å². The summed E-state index contributed by atoms with van der Waals surface area (Å²) in [6.07, 6.45) is 2.32. The molecule has 0 bridgehead atoms. The van der Waals surface area contributed by atoms with E-state index in [2.05, 4.69) is 0 Å². The van der Waals surface area contributed by atoms with Gasteiger partial charge in [-0.3, -0.25) is 14.5 Å². The van der Waals surface area contributed by atoms with Gasteiger partial charge in [-0.15, -0.1) is 11.8 Å². The van der Waals surface area contributed by atoms with Crippen molar-refractivity contribution in [1.82, 2.24) is 4.90 Å². The highest BCUT2D eigenvalue weighted by atomic mass is 32.2. The average Bonchev–Trinajstić information content (AvgIpc) is 3.22. The Morgan fingerprint density at radius 3 is 2.48 bits per heavy atom. The molecule has 1 aromatic heterocycles. The lowest BCUT2D eigenvalue weighted by molar-refractivity contribution is -0.136. The lowest BCUT2D eigenvalue weighted by Crippen LogP contribution is -2.32. The van der Waals surface area contributed by atoms with Crippen LogP contribution in [0.1, 0.15) is 24.7 Å². The summed E-state index contributed by atoms with van der Waals surface area (Å²) in [6, 6.07) is 10.9. The van der Waals surface area contributed by atoms with Crippen molar-refractivity contribution >= 4 is 29.1 Å². The van der Waals surface area contributed by atoms with Crippen LogP contribution in [0.3, 0.4) is 0 Å². The number of methoxy groups -OCH3 is 1. The van der Waals surface area contributed by atoms with Crippen molar-refractivity contribution in [3.8, 4) is 5.75 Å². The van der Waals surface area contributed by atoms with Crippen molar-refractivity contribution < 1.29 is 18.7 Å². The van der Waals surface area contributed by atoms with E-state index in [1.807, 2.05) is 25.1 Å². The summed E-state index contributed by atoms with van der Waals surface area (Å²) >= 11 is 1.34. The number of carbonyl (C=O) groups is 2. The zero-order chi connectivity index (χ0) is 17.8. The number of hydrogen-bond donors (Lipinski definition) is 0. The standard InChI is InChI=1S/C19H19NO4S/c1-3-10-20-18(21)16(13-6-8-14(23-2)9-7-13)17(19(20)22)25-12-15-5-4-11-24-15/h4-9,11H,3,10,12H2,1-2H3. The number of nitrogens with zero attached hydrogens (tertiary/aromatic N) is 1. The molecule has 0 saturated heterocycles. The van der Waals surface area contributed by atoms with Gasteiger partial charge in [0.2, 0.25) is 0 Å². The molecule has 1 aliphatic heterocycles. The first kappa shape index (κ1) is 17.4. The first-order chi connectivity index (χ1) is 12.2. The number of rotatable bonds is 7. The Labute approximate surface area is 150 Å². The molecule has 1 aliphatic rings. The topological polar surface area (TPSA) is 59.8 Å². The lowest BCUT2D eigenvalue weighted by atomic mass is 10.1. The van der Waals surface area contributed by atoms with Crippen LogP contribution in [0, 0.1) is 0 Å². The van der Waals surface area contributed by atoms with Gasteiger partial charge in [0.1, 0.15) is 11.5 Å². The Balaban J connectivity index is 1.95. The van der Waals surface area contributed by atoms with Gasteiger partial charge in [-0.25, -0.2) is 0 Å². The maximum Gasteiger partial charge on any atom is 0.267 e. The van der Waals surface area contributed by atoms with E-state index in [9.17, 15) is 9.59 Å². The van der Waals surface area contributed by atoms with Crippen LogP contribution < -0.4 is 4.74 Å². The summed E-state index contributed by atoms with van der Waals surface area (Å²) in [5.74, 6) is 1.51. The van der Waals surface area contributed by atoms with E-state index in [0.717, 1.165) is 17.7 Å². The first-order valence-corrected chi connectivity index (χ1v) is 9.04. The molecule has 6 heteroatoms. The predicted molar refractivity (Wildman–Crippen MR) is 96.9 cm³/mol. The third-order valence-corrected chi connectivity index (χ3v) is 4.99. The fraction of sp³-hybridized carbons (Fsp3) is 0.263. The van der Waals surface area contributed by atoms with E-state index in [1.54, 1.807) is 31.6 Å². The van der Waals surface area contributed by atoms with Gasteiger partial charge < -0.3 is 9.15 Å². The summed E-state index contributed by atoms with van der Waals surface area (Å²) < 4.78 is 10.5. The highest BCUT2D eigenvalue weighted by Crippen LogP contribution is 2.38.